The van der Waals surface area contributed by atoms with Crippen molar-refractivity contribution in [2.24, 2.45) is 5.73 Å². The number of likely N-dealkylation sites (N-methyl/N-ethyl adjacent to an activating group) is 1. The second kappa shape index (κ2) is 18.7. The molecular weight excluding hydrogens is 398 g/mol. The fourth-order valence-electron chi connectivity index (χ4n) is 2.15. The molecule has 0 radical (unpaired) electrons. The topological polar surface area (TPSA) is 181 Å². The first kappa shape index (κ1) is 27.7. The zero-order valence-electron chi connectivity index (χ0n) is 17.5. The number of carboxylic acid groups (broad SMARTS) is 1. The fourth-order valence-corrected chi connectivity index (χ4v) is 2.15. The van der Waals surface area contributed by atoms with Gasteiger partial charge in [0.15, 0.2) is 0 Å². The third-order valence-electron chi connectivity index (χ3n) is 3.79. The lowest BCUT2D eigenvalue weighted by atomic mass is 10.1. The van der Waals surface area contributed by atoms with E-state index < -0.39 is 23.8 Å². The van der Waals surface area contributed by atoms with Crippen molar-refractivity contribution < 1.29 is 33.8 Å². The van der Waals surface area contributed by atoms with Gasteiger partial charge in [0.25, 0.3) is 0 Å². The molecule has 1 unspecified atom stereocenters. The molecule has 7 N–H and O–H groups in total. The number of carbonyl (C=O) groups is 4. The fraction of sp³-hybridized carbons (Fsp3) is 0.778. The Balaban J connectivity index is 3.99. The van der Waals surface area contributed by atoms with Crippen molar-refractivity contribution in [3.8, 4) is 0 Å². The molecule has 0 saturated carbocycles. The number of hydrogen-bond acceptors (Lipinski definition) is 8. The smallest absolute Gasteiger partial charge is 0.326 e. The van der Waals surface area contributed by atoms with E-state index >= 15 is 0 Å². The van der Waals surface area contributed by atoms with Crippen molar-refractivity contribution >= 4 is 23.7 Å². The first-order chi connectivity index (χ1) is 14.4. The van der Waals surface area contributed by atoms with Crippen LogP contribution in [0.15, 0.2) is 0 Å². The zero-order valence-corrected chi connectivity index (χ0v) is 17.5. The number of hydrogen-bond donors (Lipinski definition) is 6. The number of aliphatic carboxylic acids is 1. The molecule has 0 aliphatic rings. The van der Waals surface area contributed by atoms with E-state index in [-0.39, 0.29) is 38.5 Å². The highest BCUT2D eigenvalue weighted by Gasteiger charge is 2.21. The molecule has 0 aromatic heterocycles. The Bertz CT molecular complexity index is 519. The van der Waals surface area contributed by atoms with Crippen LogP contribution in [-0.2, 0) is 28.7 Å². The maximum atomic E-state index is 11.8. The van der Waals surface area contributed by atoms with Crippen molar-refractivity contribution in [1.82, 2.24) is 21.3 Å². The van der Waals surface area contributed by atoms with Gasteiger partial charge in [0.1, 0.15) is 12.6 Å². The van der Waals surface area contributed by atoms with Crippen LogP contribution in [0.5, 0.6) is 0 Å². The first-order valence-corrected chi connectivity index (χ1v) is 9.96. The van der Waals surface area contributed by atoms with Gasteiger partial charge in [0, 0.05) is 19.5 Å². The number of amides is 3. The zero-order chi connectivity index (χ0) is 22.6. The third kappa shape index (κ3) is 16.7. The van der Waals surface area contributed by atoms with Crippen molar-refractivity contribution in [3.05, 3.63) is 0 Å². The maximum Gasteiger partial charge on any atom is 0.326 e. The average molecular weight is 434 g/mol. The van der Waals surface area contributed by atoms with E-state index in [4.69, 9.17) is 15.2 Å². The predicted octanol–water partition coefficient (Wildman–Crippen LogP) is -2.44. The molecule has 3 amide bonds. The van der Waals surface area contributed by atoms with Gasteiger partial charge in [-0.15, -0.1) is 0 Å². The van der Waals surface area contributed by atoms with Gasteiger partial charge >= 0.3 is 5.97 Å². The Hall–Kier alpha value is -2.28. The summed E-state index contributed by atoms with van der Waals surface area (Å²) in [6, 6.07) is -1.23. The molecule has 0 aliphatic carbocycles. The van der Waals surface area contributed by atoms with E-state index in [0.29, 0.717) is 32.8 Å². The van der Waals surface area contributed by atoms with E-state index in [1.165, 1.54) is 0 Å². The summed E-state index contributed by atoms with van der Waals surface area (Å²) in [6.45, 7) is 2.25. The largest absolute Gasteiger partial charge is 0.480 e. The summed E-state index contributed by atoms with van der Waals surface area (Å²) in [6.07, 6.45) is 1.28. The number of carboxylic acids is 1. The lowest BCUT2D eigenvalue weighted by Gasteiger charge is -2.14. The van der Waals surface area contributed by atoms with E-state index in [2.05, 4.69) is 21.3 Å². The minimum Gasteiger partial charge on any atom is -0.480 e. The molecule has 30 heavy (non-hydrogen) atoms. The van der Waals surface area contributed by atoms with E-state index in [1.807, 2.05) is 0 Å². The van der Waals surface area contributed by atoms with Crippen LogP contribution in [0.2, 0.25) is 0 Å². The van der Waals surface area contributed by atoms with Gasteiger partial charge in [-0.2, -0.15) is 0 Å². The Labute approximate surface area is 176 Å². The van der Waals surface area contributed by atoms with Crippen LogP contribution in [-0.4, -0.2) is 94.5 Å². The van der Waals surface area contributed by atoms with Crippen LogP contribution in [0.3, 0.4) is 0 Å². The molecule has 0 spiro atoms. The molecule has 12 heteroatoms. The van der Waals surface area contributed by atoms with Crippen molar-refractivity contribution in [2.45, 2.75) is 31.7 Å². The number of rotatable bonds is 19. The van der Waals surface area contributed by atoms with Crippen molar-refractivity contribution in [1.29, 1.82) is 0 Å². The predicted molar refractivity (Wildman–Crippen MR) is 109 cm³/mol. The normalized spacial score (nSPS) is 11.5. The van der Waals surface area contributed by atoms with Gasteiger partial charge in [0.05, 0.1) is 26.4 Å². The molecule has 0 heterocycles. The summed E-state index contributed by atoms with van der Waals surface area (Å²) >= 11 is 0. The highest BCUT2D eigenvalue weighted by Crippen LogP contribution is 1.98. The molecule has 0 saturated heterocycles. The van der Waals surface area contributed by atoms with Gasteiger partial charge in [-0.3, -0.25) is 14.4 Å². The van der Waals surface area contributed by atoms with Crippen LogP contribution in [0.1, 0.15) is 25.7 Å². The minimum absolute atomic E-state index is 0.113. The van der Waals surface area contributed by atoms with Crippen LogP contribution < -0.4 is 27.0 Å². The highest BCUT2D eigenvalue weighted by molar-refractivity contribution is 5.86. The lowest BCUT2D eigenvalue weighted by Crippen LogP contribution is -2.43. The van der Waals surface area contributed by atoms with Gasteiger partial charge in [-0.25, -0.2) is 4.79 Å². The molecule has 1 atom stereocenters. The maximum absolute atomic E-state index is 11.8. The average Bonchev–Trinajstić information content (AvgIpc) is 2.71. The first-order valence-electron chi connectivity index (χ1n) is 9.96. The number of nitrogens with one attached hydrogen (secondary N) is 4. The quantitative estimate of drug-likeness (QED) is 0.121. The standard InChI is InChI=1S/C18H35N5O7/c1-20-8-9-29-10-11-30-13-17(26)23-14(18(27)28)4-5-15(24)22-12-16(25)21-7-3-2-6-19/h14,20H,2-13,19H2,1H3,(H,21,25)(H,22,24)(H,23,26)(H,27,28). The van der Waals surface area contributed by atoms with Crippen LogP contribution in [0, 0.1) is 0 Å². The van der Waals surface area contributed by atoms with Crippen LogP contribution in [0.25, 0.3) is 0 Å². The number of ether oxygens (including phenoxy) is 2. The lowest BCUT2D eigenvalue weighted by molar-refractivity contribution is -0.143. The van der Waals surface area contributed by atoms with Crippen molar-refractivity contribution in [2.75, 3.05) is 59.7 Å². The Morgan fingerprint density at radius 1 is 0.933 bits per heavy atom. The number of unbranched alkanes of at least 4 members (excludes halogenated alkanes) is 1. The second-order valence-electron chi connectivity index (χ2n) is 6.39. The molecule has 0 bridgehead atoms. The van der Waals surface area contributed by atoms with E-state index in [9.17, 15) is 24.3 Å². The molecule has 174 valence electrons. The SMILES string of the molecule is CNCCOCCOCC(=O)NC(CCC(=O)NCC(=O)NCCCCN)C(=O)O. The molecule has 12 nitrogen and oxygen atoms in total. The number of nitrogens with two attached hydrogens (primary N) is 1. The van der Waals surface area contributed by atoms with Gasteiger partial charge in [-0.1, -0.05) is 0 Å². The molecule has 0 aliphatic heterocycles. The summed E-state index contributed by atoms with van der Waals surface area (Å²) in [7, 11) is 1.80. The summed E-state index contributed by atoms with van der Waals surface area (Å²) in [4.78, 5) is 46.4. The van der Waals surface area contributed by atoms with Gasteiger partial charge < -0.3 is 41.6 Å². The summed E-state index contributed by atoms with van der Waals surface area (Å²) in [5.41, 5.74) is 5.35. The third-order valence-corrected chi connectivity index (χ3v) is 3.79. The minimum atomic E-state index is -1.26. The summed E-state index contributed by atoms with van der Waals surface area (Å²) in [5, 5.41) is 19.5. The van der Waals surface area contributed by atoms with Gasteiger partial charge in [0.2, 0.25) is 17.7 Å². The van der Waals surface area contributed by atoms with Crippen molar-refractivity contribution in [3.63, 3.8) is 0 Å². The second-order valence-corrected chi connectivity index (χ2v) is 6.39. The Kier molecular flexibility index (Phi) is 17.3. The van der Waals surface area contributed by atoms with Gasteiger partial charge in [-0.05, 0) is 32.9 Å². The summed E-state index contributed by atoms with van der Waals surface area (Å²) in [5.74, 6) is -2.68. The summed E-state index contributed by atoms with van der Waals surface area (Å²) < 4.78 is 10.3. The number of carbonyl (C=O) groups excluding carboxylic acids is 3. The Morgan fingerprint density at radius 3 is 2.33 bits per heavy atom. The van der Waals surface area contributed by atoms with E-state index in [1.54, 1.807) is 7.05 Å². The van der Waals surface area contributed by atoms with Crippen LogP contribution >= 0.6 is 0 Å². The van der Waals surface area contributed by atoms with Crippen LogP contribution in [0.4, 0.5) is 0 Å². The molecule has 0 aromatic rings. The Morgan fingerprint density at radius 2 is 1.67 bits per heavy atom. The highest BCUT2D eigenvalue weighted by atomic mass is 16.5. The van der Waals surface area contributed by atoms with E-state index in [0.717, 1.165) is 12.8 Å². The molecular formula is C18H35N5O7. The molecule has 0 rings (SSSR count). The molecule has 0 aromatic carbocycles. The monoisotopic (exact) mass is 433 g/mol. The molecule has 0 fully saturated rings.